The molecule has 2 N–H and O–H groups in total. The summed E-state index contributed by atoms with van der Waals surface area (Å²) in [6.07, 6.45) is 1.49. The molecule has 0 bridgehead atoms. The van der Waals surface area contributed by atoms with E-state index in [1.165, 1.54) is 6.33 Å². The van der Waals surface area contributed by atoms with Gasteiger partial charge in [-0.3, -0.25) is 0 Å². The molecular weight excluding hydrogens is 256 g/mol. The predicted molar refractivity (Wildman–Crippen MR) is 66.8 cm³/mol. The molecule has 84 valence electrons. The molecule has 1 atom stereocenters. The minimum atomic E-state index is 0.399. The average Bonchev–Trinajstić information content (AvgIpc) is 2.20. The van der Waals surface area contributed by atoms with Crippen molar-refractivity contribution < 1.29 is 0 Å². The number of nitrogens with two attached hydrogens (primary N) is 1. The van der Waals surface area contributed by atoms with Crippen molar-refractivity contribution in [1.82, 2.24) is 9.97 Å². The van der Waals surface area contributed by atoms with Crippen LogP contribution in [0.5, 0.6) is 0 Å². The van der Waals surface area contributed by atoms with E-state index in [2.05, 4.69) is 51.6 Å². The quantitative estimate of drug-likeness (QED) is 0.918. The molecule has 1 aromatic heterocycles. The summed E-state index contributed by atoms with van der Waals surface area (Å²) in [6, 6.07) is 0.399. The zero-order valence-electron chi connectivity index (χ0n) is 9.53. The van der Waals surface area contributed by atoms with Gasteiger partial charge in [-0.1, -0.05) is 13.8 Å². The Kier molecular flexibility index (Phi) is 3.90. The van der Waals surface area contributed by atoms with E-state index < -0.39 is 0 Å². The molecule has 15 heavy (non-hydrogen) atoms. The van der Waals surface area contributed by atoms with Gasteiger partial charge in [0.05, 0.1) is 0 Å². The lowest BCUT2D eigenvalue weighted by Crippen LogP contribution is -2.34. The molecule has 0 fully saturated rings. The maximum atomic E-state index is 5.71. The lowest BCUT2D eigenvalue weighted by atomic mass is 10.1. The first kappa shape index (κ1) is 12.2. The number of hydrogen-bond donors (Lipinski definition) is 1. The Morgan fingerprint density at radius 2 is 1.93 bits per heavy atom. The largest absolute Gasteiger partial charge is 0.383 e. The molecule has 0 radical (unpaired) electrons. The Morgan fingerprint density at radius 3 is 2.47 bits per heavy atom. The number of hydrogen-bond acceptors (Lipinski definition) is 4. The minimum absolute atomic E-state index is 0.399. The Bertz CT molecular complexity index is 340. The van der Waals surface area contributed by atoms with Crippen molar-refractivity contribution in [2.45, 2.75) is 26.8 Å². The van der Waals surface area contributed by atoms with Gasteiger partial charge in [0.1, 0.15) is 22.4 Å². The van der Waals surface area contributed by atoms with Crippen LogP contribution in [-0.2, 0) is 0 Å². The summed E-state index contributed by atoms with van der Waals surface area (Å²) in [5, 5.41) is 0. The fourth-order valence-electron chi connectivity index (χ4n) is 1.26. The van der Waals surface area contributed by atoms with Crippen LogP contribution in [0.3, 0.4) is 0 Å². The van der Waals surface area contributed by atoms with Crippen molar-refractivity contribution in [3.05, 3.63) is 10.8 Å². The standard InChI is InChI=1S/C10H17BrN4/c1-6(2)7(3)15(4)10-8(11)9(12)13-5-14-10/h5-7H,1-4H3,(H2,12,13,14). The Labute approximate surface area is 99.0 Å². The van der Waals surface area contributed by atoms with E-state index in [4.69, 9.17) is 5.73 Å². The van der Waals surface area contributed by atoms with Crippen LogP contribution in [0, 0.1) is 5.92 Å². The second-order valence-electron chi connectivity index (χ2n) is 3.99. The Hall–Kier alpha value is -0.840. The molecule has 1 heterocycles. The van der Waals surface area contributed by atoms with Crippen LogP contribution in [0.4, 0.5) is 11.6 Å². The summed E-state index contributed by atoms with van der Waals surface area (Å²) in [6.45, 7) is 6.52. The van der Waals surface area contributed by atoms with E-state index in [0.717, 1.165) is 10.3 Å². The molecule has 0 aliphatic rings. The van der Waals surface area contributed by atoms with Crippen LogP contribution >= 0.6 is 15.9 Å². The third-order valence-corrected chi connectivity index (χ3v) is 3.47. The predicted octanol–water partition coefficient (Wildman–Crippen LogP) is 2.30. The lowest BCUT2D eigenvalue weighted by Gasteiger charge is -2.29. The van der Waals surface area contributed by atoms with Crippen LogP contribution in [0.25, 0.3) is 0 Å². The Morgan fingerprint density at radius 1 is 1.33 bits per heavy atom. The third-order valence-electron chi connectivity index (χ3n) is 2.71. The molecule has 0 spiro atoms. The van der Waals surface area contributed by atoms with Gasteiger partial charge in [0.25, 0.3) is 0 Å². The normalized spacial score (nSPS) is 12.9. The molecule has 4 nitrogen and oxygen atoms in total. The summed E-state index contributed by atoms with van der Waals surface area (Å²) in [4.78, 5) is 10.3. The summed E-state index contributed by atoms with van der Waals surface area (Å²) in [5.74, 6) is 1.87. The molecule has 1 aromatic rings. The van der Waals surface area contributed by atoms with Gasteiger partial charge in [-0.2, -0.15) is 0 Å². The smallest absolute Gasteiger partial charge is 0.148 e. The number of halogens is 1. The highest BCUT2D eigenvalue weighted by Gasteiger charge is 2.18. The highest BCUT2D eigenvalue weighted by molar-refractivity contribution is 9.10. The van der Waals surface area contributed by atoms with Gasteiger partial charge in [-0.25, -0.2) is 9.97 Å². The zero-order chi connectivity index (χ0) is 11.6. The SMILES string of the molecule is CC(C)C(C)N(C)c1ncnc(N)c1Br. The molecule has 1 rings (SSSR count). The minimum Gasteiger partial charge on any atom is -0.383 e. The highest BCUT2D eigenvalue weighted by atomic mass is 79.9. The molecule has 0 aliphatic heterocycles. The summed E-state index contributed by atoms with van der Waals surface area (Å²) < 4.78 is 0.764. The number of nitrogens with zero attached hydrogens (tertiary/aromatic N) is 3. The topological polar surface area (TPSA) is 55.0 Å². The summed E-state index contributed by atoms with van der Waals surface area (Å²) in [7, 11) is 2.01. The van der Waals surface area contributed by atoms with E-state index >= 15 is 0 Å². The Balaban J connectivity index is 3.01. The summed E-state index contributed by atoms with van der Waals surface area (Å²) >= 11 is 3.41. The maximum Gasteiger partial charge on any atom is 0.148 e. The maximum absolute atomic E-state index is 5.71. The van der Waals surface area contributed by atoms with Crippen LogP contribution in [0.15, 0.2) is 10.8 Å². The van der Waals surface area contributed by atoms with Gasteiger partial charge in [-0.05, 0) is 28.8 Å². The van der Waals surface area contributed by atoms with Gasteiger partial charge in [-0.15, -0.1) is 0 Å². The average molecular weight is 273 g/mol. The van der Waals surface area contributed by atoms with Crippen molar-refractivity contribution in [2.75, 3.05) is 17.7 Å². The van der Waals surface area contributed by atoms with Crippen molar-refractivity contribution >= 4 is 27.6 Å². The first-order valence-corrected chi connectivity index (χ1v) is 5.73. The monoisotopic (exact) mass is 272 g/mol. The molecule has 0 amide bonds. The van der Waals surface area contributed by atoms with Crippen molar-refractivity contribution in [3.8, 4) is 0 Å². The fraction of sp³-hybridized carbons (Fsp3) is 0.600. The van der Waals surface area contributed by atoms with Crippen LogP contribution in [0.1, 0.15) is 20.8 Å². The van der Waals surface area contributed by atoms with Crippen LogP contribution < -0.4 is 10.6 Å². The van der Waals surface area contributed by atoms with Gasteiger partial charge in [0, 0.05) is 13.1 Å². The number of rotatable bonds is 3. The third kappa shape index (κ3) is 2.59. The van der Waals surface area contributed by atoms with Gasteiger partial charge < -0.3 is 10.6 Å². The number of nitrogen functional groups attached to an aromatic ring is 1. The van der Waals surface area contributed by atoms with E-state index in [1.807, 2.05) is 7.05 Å². The first-order valence-electron chi connectivity index (χ1n) is 4.94. The first-order chi connectivity index (χ1) is 6.95. The highest BCUT2D eigenvalue weighted by Crippen LogP contribution is 2.28. The van der Waals surface area contributed by atoms with Gasteiger partial charge in [0.15, 0.2) is 0 Å². The van der Waals surface area contributed by atoms with Crippen LogP contribution in [-0.4, -0.2) is 23.1 Å². The second kappa shape index (κ2) is 4.79. The molecule has 0 aromatic carbocycles. The zero-order valence-corrected chi connectivity index (χ0v) is 11.1. The fourth-order valence-corrected chi connectivity index (χ4v) is 1.74. The van der Waals surface area contributed by atoms with Gasteiger partial charge >= 0.3 is 0 Å². The van der Waals surface area contributed by atoms with E-state index in [-0.39, 0.29) is 0 Å². The van der Waals surface area contributed by atoms with Crippen molar-refractivity contribution in [2.24, 2.45) is 5.92 Å². The van der Waals surface area contributed by atoms with E-state index in [1.54, 1.807) is 0 Å². The molecular formula is C10H17BrN4. The molecule has 0 saturated carbocycles. The summed E-state index contributed by atoms with van der Waals surface area (Å²) in [5.41, 5.74) is 5.71. The van der Waals surface area contributed by atoms with Gasteiger partial charge in [0.2, 0.25) is 0 Å². The lowest BCUT2D eigenvalue weighted by molar-refractivity contribution is 0.502. The second-order valence-corrected chi connectivity index (χ2v) is 4.79. The van der Waals surface area contributed by atoms with Crippen molar-refractivity contribution in [1.29, 1.82) is 0 Å². The van der Waals surface area contributed by atoms with Crippen molar-refractivity contribution in [3.63, 3.8) is 0 Å². The molecule has 5 heteroatoms. The number of anilines is 2. The van der Waals surface area contributed by atoms with Crippen LogP contribution in [0.2, 0.25) is 0 Å². The van der Waals surface area contributed by atoms with E-state index in [9.17, 15) is 0 Å². The molecule has 0 aliphatic carbocycles. The molecule has 0 saturated heterocycles. The number of aromatic nitrogens is 2. The molecule has 1 unspecified atom stereocenters. The van der Waals surface area contributed by atoms with E-state index in [0.29, 0.717) is 17.8 Å².